The van der Waals surface area contributed by atoms with E-state index < -0.39 is 6.04 Å². The van der Waals surface area contributed by atoms with Crippen LogP contribution in [0.15, 0.2) is 24.3 Å². The van der Waals surface area contributed by atoms with Crippen LogP contribution < -0.4 is 4.90 Å². The zero-order valence-corrected chi connectivity index (χ0v) is 12.0. The highest BCUT2D eigenvalue weighted by Gasteiger charge is 2.42. The molecule has 1 aromatic carbocycles. The normalized spacial score (nSPS) is 21.7. The number of carbonyl (C=O) groups is 3. The molecule has 5 heteroatoms. The maximum absolute atomic E-state index is 12.8. The molecule has 1 aromatic rings. The van der Waals surface area contributed by atoms with Gasteiger partial charge in [0.05, 0.1) is 11.3 Å². The van der Waals surface area contributed by atoms with E-state index in [0.29, 0.717) is 24.2 Å². The lowest BCUT2D eigenvalue weighted by atomic mass is 10.0. The van der Waals surface area contributed by atoms with Crippen molar-refractivity contribution in [2.45, 2.75) is 38.6 Å². The van der Waals surface area contributed by atoms with Crippen LogP contribution in [0.5, 0.6) is 0 Å². The van der Waals surface area contributed by atoms with Crippen molar-refractivity contribution in [3.05, 3.63) is 29.8 Å². The Bertz CT molecular complexity index is 611. The summed E-state index contributed by atoms with van der Waals surface area (Å²) in [7, 11) is 0. The lowest BCUT2D eigenvalue weighted by Gasteiger charge is -2.33. The van der Waals surface area contributed by atoms with Crippen LogP contribution in [0.2, 0.25) is 0 Å². The molecule has 110 valence electrons. The highest BCUT2D eigenvalue weighted by Crippen LogP contribution is 2.32. The zero-order valence-electron chi connectivity index (χ0n) is 12.0. The van der Waals surface area contributed by atoms with Gasteiger partial charge in [-0.1, -0.05) is 19.1 Å². The zero-order chi connectivity index (χ0) is 15.0. The second-order valence-electron chi connectivity index (χ2n) is 5.45. The molecule has 1 fully saturated rings. The Labute approximate surface area is 123 Å². The molecule has 0 spiro atoms. The predicted octanol–water partition coefficient (Wildman–Crippen LogP) is 1.96. The van der Waals surface area contributed by atoms with E-state index in [1.165, 1.54) is 4.90 Å². The van der Waals surface area contributed by atoms with Gasteiger partial charge in [-0.15, -0.1) is 0 Å². The van der Waals surface area contributed by atoms with Crippen molar-refractivity contribution in [1.29, 1.82) is 0 Å². The van der Waals surface area contributed by atoms with E-state index in [-0.39, 0.29) is 24.1 Å². The number of hydrogen-bond acceptors (Lipinski definition) is 3. The molecule has 0 aliphatic carbocycles. The molecule has 5 nitrogen and oxygen atoms in total. The molecule has 3 rings (SSSR count). The number of anilines is 1. The van der Waals surface area contributed by atoms with Crippen LogP contribution in [0.1, 0.15) is 43.0 Å². The second kappa shape index (κ2) is 5.31. The molecule has 2 aliphatic rings. The number of fused-ring (bicyclic) bond motifs is 2. The van der Waals surface area contributed by atoms with E-state index in [4.69, 9.17) is 0 Å². The number of nitrogens with zero attached hydrogens (tertiary/aromatic N) is 2. The lowest BCUT2D eigenvalue weighted by molar-refractivity contribution is -0.129. The van der Waals surface area contributed by atoms with Crippen LogP contribution in [0, 0.1) is 0 Å². The Kier molecular flexibility index (Phi) is 3.49. The van der Waals surface area contributed by atoms with E-state index in [1.807, 2.05) is 0 Å². The van der Waals surface area contributed by atoms with E-state index in [0.717, 1.165) is 12.8 Å². The monoisotopic (exact) mass is 286 g/mol. The minimum atomic E-state index is -0.505. The largest absolute Gasteiger partial charge is 0.327 e. The molecule has 2 aliphatic heterocycles. The maximum Gasteiger partial charge on any atom is 0.256 e. The Balaban J connectivity index is 2.16. The third kappa shape index (κ3) is 2.13. The van der Waals surface area contributed by atoms with Crippen molar-refractivity contribution < 1.29 is 14.4 Å². The van der Waals surface area contributed by atoms with Gasteiger partial charge in [-0.25, -0.2) is 4.90 Å². The van der Waals surface area contributed by atoms with Crippen LogP contribution in [-0.4, -0.2) is 35.2 Å². The Hall–Kier alpha value is -2.17. The number of imide groups is 1. The summed E-state index contributed by atoms with van der Waals surface area (Å²) < 4.78 is 0. The summed E-state index contributed by atoms with van der Waals surface area (Å²) in [4.78, 5) is 40.6. The van der Waals surface area contributed by atoms with Gasteiger partial charge in [-0.3, -0.25) is 14.4 Å². The standard InChI is InChI=1S/C16H18N2O3/c1-2-14(19)18-12-8-4-3-7-11(12)15(20)17-10-6-5-9-13(17)16(18)21/h3-4,7-8,13H,2,5-6,9-10H2,1H3/t13-/m0/s1. The highest BCUT2D eigenvalue weighted by molar-refractivity contribution is 6.22. The smallest absolute Gasteiger partial charge is 0.256 e. The summed E-state index contributed by atoms with van der Waals surface area (Å²) in [5.41, 5.74) is 0.866. The first-order valence-corrected chi connectivity index (χ1v) is 7.42. The SMILES string of the molecule is CCC(=O)N1C(=O)[C@@H]2CCCCN2C(=O)c2ccccc21. The average Bonchev–Trinajstić information content (AvgIpc) is 2.62. The number of para-hydroxylation sites is 1. The van der Waals surface area contributed by atoms with Gasteiger partial charge in [-0.2, -0.15) is 0 Å². The first kappa shape index (κ1) is 13.8. The van der Waals surface area contributed by atoms with Gasteiger partial charge in [0.25, 0.3) is 11.8 Å². The molecule has 0 N–H and O–H groups in total. The summed E-state index contributed by atoms with van der Waals surface area (Å²) in [5.74, 6) is -0.664. The Morgan fingerprint density at radius 3 is 2.76 bits per heavy atom. The Morgan fingerprint density at radius 1 is 1.24 bits per heavy atom. The van der Waals surface area contributed by atoms with Crippen molar-refractivity contribution in [2.75, 3.05) is 11.4 Å². The molecule has 1 saturated heterocycles. The summed E-state index contributed by atoms with van der Waals surface area (Å²) in [6.45, 7) is 2.31. The van der Waals surface area contributed by atoms with Crippen LogP contribution >= 0.6 is 0 Å². The Morgan fingerprint density at radius 2 is 2.00 bits per heavy atom. The van der Waals surface area contributed by atoms with Gasteiger partial charge in [-0.05, 0) is 31.4 Å². The fourth-order valence-electron chi connectivity index (χ4n) is 3.12. The quantitative estimate of drug-likeness (QED) is 0.793. The van der Waals surface area contributed by atoms with Gasteiger partial charge < -0.3 is 4.90 Å². The van der Waals surface area contributed by atoms with Crippen molar-refractivity contribution >= 4 is 23.4 Å². The molecule has 2 heterocycles. The summed E-state index contributed by atoms with van der Waals surface area (Å²) in [5, 5.41) is 0. The molecule has 3 amide bonds. The van der Waals surface area contributed by atoms with Crippen molar-refractivity contribution in [3.63, 3.8) is 0 Å². The van der Waals surface area contributed by atoms with E-state index in [9.17, 15) is 14.4 Å². The van der Waals surface area contributed by atoms with E-state index >= 15 is 0 Å². The van der Waals surface area contributed by atoms with Crippen LogP contribution in [0.4, 0.5) is 5.69 Å². The number of piperidine rings is 1. The van der Waals surface area contributed by atoms with E-state index in [1.54, 1.807) is 36.1 Å². The number of carbonyl (C=O) groups excluding carboxylic acids is 3. The van der Waals surface area contributed by atoms with Gasteiger partial charge in [0.15, 0.2) is 0 Å². The molecule has 0 unspecified atom stereocenters. The number of benzene rings is 1. The lowest BCUT2D eigenvalue weighted by Crippen LogP contribution is -2.52. The summed E-state index contributed by atoms with van der Waals surface area (Å²) >= 11 is 0. The van der Waals surface area contributed by atoms with Gasteiger partial charge >= 0.3 is 0 Å². The molecule has 0 radical (unpaired) electrons. The van der Waals surface area contributed by atoms with Crippen LogP contribution in [0.25, 0.3) is 0 Å². The predicted molar refractivity (Wildman–Crippen MR) is 77.9 cm³/mol. The fraction of sp³-hybridized carbons (Fsp3) is 0.438. The molecule has 0 aromatic heterocycles. The second-order valence-corrected chi connectivity index (χ2v) is 5.45. The minimum absolute atomic E-state index is 0.143. The summed E-state index contributed by atoms with van der Waals surface area (Å²) in [6.07, 6.45) is 2.68. The van der Waals surface area contributed by atoms with Crippen molar-refractivity contribution in [3.8, 4) is 0 Å². The maximum atomic E-state index is 12.8. The van der Waals surface area contributed by atoms with Gasteiger partial charge in [0.1, 0.15) is 6.04 Å². The third-order valence-electron chi connectivity index (χ3n) is 4.20. The van der Waals surface area contributed by atoms with Crippen LogP contribution in [0.3, 0.4) is 0 Å². The molecular formula is C16H18N2O3. The van der Waals surface area contributed by atoms with Gasteiger partial charge in [0.2, 0.25) is 5.91 Å². The third-order valence-corrected chi connectivity index (χ3v) is 4.20. The molecular weight excluding hydrogens is 268 g/mol. The molecule has 21 heavy (non-hydrogen) atoms. The van der Waals surface area contributed by atoms with Crippen LogP contribution in [-0.2, 0) is 9.59 Å². The van der Waals surface area contributed by atoms with Crippen molar-refractivity contribution in [1.82, 2.24) is 4.90 Å². The van der Waals surface area contributed by atoms with Crippen molar-refractivity contribution in [2.24, 2.45) is 0 Å². The minimum Gasteiger partial charge on any atom is -0.327 e. The number of hydrogen-bond donors (Lipinski definition) is 0. The molecule has 0 saturated carbocycles. The first-order valence-electron chi connectivity index (χ1n) is 7.42. The molecule has 0 bridgehead atoms. The molecule has 1 atom stereocenters. The first-order chi connectivity index (χ1) is 10.1. The topological polar surface area (TPSA) is 57.7 Å². The summed E-state index contributed by atoms with van der Waals surface area (Å²) in [6, 6.07) is 6.38. The number of amides is 3. The van der Waals surface area contributed by atoms with E-state index in [2.05, 4.69) is 0 Å². The average molecular weight is 286 g/mol. The highest BCUT2D eigenvalue weighted by atomic mass is 16.2. The van der Waals surface area contributed by atoms with Gasteiger partial charge in [0, 0.05) is 13.0 Å². The number of rotatable bonds is 1. The fourth-order valence-corrected chi connectivity index (χ4v) is 3.12.